The minimum absolute atomic E-state index is 0.0110. The molecule has 0 aromatic heterocycles. The van der Waals surface area contributed by atoms with Crippen LogP contribution < -0.4 is 4.90 Å². The molecule has 1 aromatic rings. The van der Waals surface area contributed by atoms with Crippen LogP contribution in [0, 0.1) is 0 Å². The molecule has 0 atom stereocenters. The highest BCUT2D eigenvalue weighted by molar-refractivity contribution is 6.52. The van der Waals surface area contributed by atoms with E-state index in [-0.39, 0.29) is 10.9 Å². The van der Waals surface area contributed by atoms with Crippen LogP contribution in [-0.4, -0.2) is 29.8 Å². The summed E-state index contributed by atoms with van der Waals surface area (Å²) in [5.41, 5.74) is 0.816. The molecule has 4 nitrogen and oxygen atoms in total. The fourth-order valence-corrected chi connectivity index (χ4v) is 3.12. The molecular formula is C15H14Cl2N2O2. The lowest BCUT2D eigenvalue weighted by molar-refractivity contribution is -0.121. The van der Waals surface area contributed by atoms with E-state index < -0.39 is 5.91 Å². The number of hydrogen-bond donors (Lipinski definition) is 0. The van der Waals surface area contributed by atoms with E-state index in [1.165, 1.54) is 0 Å². The molecule has 2 aliphatic rings. The van der Waals surface area contributed by atoms with E-state index >= 15 is 0 Å². The number of imide groups is 1. The van der Waals surface area contributed by atoms with Gasteiger partial charge in [-0.15, -0.1) is 0 Å². The van der Waals surface area contributed by atoms with Crippen molar-refractivity contribution in [1.29, 1.82) is 0 Å². The third-order valence-corrected chi connectivity index (χ3v) is 4.35. The van der Waals surface area contributed by atoms with Gasteiger partial charge >= 0.3 is 0 Å². The molecule has 110 valence electrons. The van der Waals surface area contributed by atoms with Crippen molar-refractivity contribution in [2.45, 2.75) is 19.3 Å². The van der Waals surface area contributed by atoms with Gasteiger partial charge in [0.2, 0.25) is 0 Å². The van der Waals surface area contributed by atoms with Gasteiger partial charge in [-0.2, -0.15) is 0 Å². The molecule has 21 heavy (non-hydrogen) atoms. The number of nitrogens with zero attached hydrogens (tertiary/aromatic N) is 2. The molecule has 1 saturated heterocycles. The minimum Gasteiger partial charge on any atom is -0.366 e. The Bertz CT molecular complexity index is 619. The molecular weight excluding hydrogens is 311 g/mol. The predicted molar refractivity (Wildman–Crippen MR) is 82.2 cm³/mol. The lowest BCUT2D eigenvalue weighted by Crippen LogP contribution is -2.37. The van der Waals surface area contributed by atoms with Crippen molar-refractivity contribution in [3.8, 4) is 0 Å². The first-order valence-electron chi connectivity index (χ1n) is 6.88. The molecule has 2 amide bonds. The van der Waals surface area contributed by atoms with Crippen molar-refractivity contribution in [2.24, 2.45) is 0 Å². The highest BCUT2D eigenvalue weighted by atomic mass is 35.5. The van der Waals surface area contributed by atoms with Crippen LogP contribution in [0.5, 0.6) is 0 Å². The van der Waals surface area contributed by atoms with Crippen LogP contribution in [0.2, 0.25) is 5.02 Å². The zero-order chi connectivity index (χ0) is 15.0. The van der Waals surface area contributed by atoms with Gasteiger partial charge in [0.25, 0.3) is 11.8 Å². The Morgan fingerprint density at radius 3 is 2.10 bits per heavy atom. The number of carbonyl (C=O) groups excluding carboxylic acids is 2. The maximum absolute atomic E-state index is 12.6. The molecule has 0 spiro atoms. The first-order chi connectivity index (χ1) is 10.1. The quantitative estimate of drug-likeness (QED) is 0.785. The standard InChI is InChI=1S/C15H14Cl2N2O2/c16-10-4-6-11(7-5-10)19-14(20)12(17)13(15(19)21)18-8-2-1-3-9-18/h4-7H,1-3,8-9H2. The molecule has 0 saturated carbocycles. The van der Waals surface area contributed by atoms with Gasteiger partial charge in [0.1, 0.15) is 10.7 Å². The summed E-state index contributed by atoms with van der Waals surface area (Å²) in [7, 11) is 0. The van der Waals surface area contributed by atoms with Crippen LogP contribution in [0.3, 0.4) is 0 Å². The van der Waals surface area contributed by atoms with Crippen molar-refractivity contribution in [3.63, 3.8) is 0 Å². The number of benzene rings is 1. The van der Waals surface area contributed by atoms with Crippen LogP contribution in [0.25, 0.3) is 0 Å². The zero-order valence-corrected chi connectivity index (χ0v) is 12.8. The smallest absolute Gasteiger partial charge is 0.283 e. The Kier molecular flexibility index (Phi) is 3.91. The second kappa shape index (κ2) is 5.70. The molecule has 0 unspecified atom stereocenters. The first kappa shape index (κ1) is 14.4. The summed E-state index contributed by atoms with van der Waals surface area (Å²) in [6.45, 7) is 1.53. The summed E-state index contributed by atoms with van der Waals surface area (Å²) >= 11 is 12.0. The van der Waals surface area contributed by atoms with E-state index in [0.717, 1.165) is 37.3 Å². The Labute approximate surface area is 132 Å². The number of halogens is 2. The number of hydrogen-bond acceptors (Lipinski definition) is 3. The van der Waals surface area contributed by atoms with Crippen molar-refractivity contribution in [2.75, 3.05) is 18.0 Å². The largest absolute Gasteiger partial charge is 0.366 e. The maximum Gasteiger partial charge on any atom is 0.283 e. The fraction of sp³-hybridized carbons (Fsp3) is 0.333. The second-order valence-electron chi connectivity index (χ2n) is 5.13. The number of amides is 2. The molecule has 2 heterocycles. The van der Waals surface area contributed by atoms with E-state index in [9.17, 15) is 9.59 Å². The lowest BCUT2D eigenvalue weighted by Gasteiger charge is -2.29. The Morgan fingerprint density at radius 1 is 0.857 bits per heavy atom. The summed E-state index contributed by atoms with van der Waals surface area (Å²) in [5.74, 6) is -0.821. The third kappa shape index (κ3) is 2.54. The van der Waals surface area contributed by atoms with Crippen molar-refractivity contribution >= 4 is 40.7 Å². The Balaban J connectivity index is 1.92. The average Bonchev–Trinajstić information content (AvgIpc) is 2.72. The highest BCUT2D eigenvalue weighted by Crippen LogP contribution is 2.32. The highest BCUT2D eigenvalue weighted by Gasteiger charge is 2.41. The van der Waals surface area contributed by atoms with Gasteiger partial charge < -0.3 is 4.90 Å². The molecule has 0 bridgehead atoms. The molecule has 2 aliphatic heterocycles. The van der Waals surface area contributed by atoms with Crippen LogP contribution in [0.4, 0.5) is 5.69 Å². The summed E-state index contributed by atoms with van der Waals surface area (Å²) in [6, 6.07) is 6.57. The number of anilines is 1. The SMILES string of the molecule is O=C1C(Cl)=C(N2CCCCC2)C(=O)N1c1ccc(Cl)cc1. The van der Waals surface area contributed by atoms with Gasteiger partial charge in [-0.25, -0.2) is 4.90 Å². The van der Waals surface area contributed by atoms with Crippen LogP contribution in [0.15, 0.2) is 35.0 Å². The molecule has 0 radical (unpaired) electrons. The average molecular weight is 325 g/mol. The molecule has 0 aliphatic carbocycles. The number of likely N-dealkylation sites (tertiary alicyclic amines) is 1. The van der Waals surface area contributed by atoms with Crippen molar-refractivity contribution in [3.05, 3.63) is 40.0 Å². The molecule has 0 N–H and O–H groups in total. The summed E-state index contributed by atoms with van der Waals surface area (Å²) in [5, 5.41) is 0.560. The first-order valence-corrected chi connectivity index (χ1v) is 7.64. The van der Waals surface area contributed by atoms with Gasteiger partial charge in [0, 0.05) is 18.1 Å². The van der Waals surface area contributed by atoms with Gasteiger partial charge in [0.05, 0.1) is 5.69 Å². The van der Waals surface area contributed by atoms with E-state index in [0.29, 0.717) is 16.4 Å². The monoisotopic (exact) mass is 324 g/mol. The summed E-state index contributed by atoms with van der Waals surface area (Å²) in [4.78, 5) is 27.9. The fourth-order valence-electron chi connectivity index (χ4n) is 2.71. The number of carbonyl (C=O) groups is 2. The number of rotatable bonds is 2. The van der Waals surface area contributed by atoms with Crippen LogP contribution in [-0.2, 0) is 9.59 Å². The molecule has 3 rings (SSSR count). The minimum atomic E-state index is -0.468. The Hall–Kier alpha value is -1.52. The predicted octanol–water partition coefficient (Wildman–Crippen LogP) is 3.15. The summed E-state index contributed by atoms with van der Waals surface area (Å²) < 4.78 is 0. The maximum atomic E-state index is 12.6. The lowest BCUT2D eigenvalue weighted by atomic mass is 10.1. The third-order valence-electron chi connectivity index (χ3n) is 3.76. The molecule has 1 fully saturated rings. The van der Waals surface area contributed by atoms with Crippen LogP contribution in [0.1, 0.15) is 19.3 Å². The topological polar surface area (TPSA) is 40.6 Å². The molecule has 6 heteroatoms. The summed E-state index contributed by atoms with van der Waals surface area (Å²) in [6.07, 6.45) is 3.16. The second-order valence-corrected chi connectivity index (χ2v) is 5.95. The Morgan fingerprint density at radius 2 is 1.48 bits per heavy atom. The number of piperidine rings is 1. The van der Waals surface area contributed by atoms with Crippen molar-refractivity contribution in [1.82, 2.24) is 4.90 Å². The van der Waals surface area contributed by atoms with Gasteiger partial charge in [-0.05, 0) is 43.5 Å². The van der Waals surface area contributed by atoms with E-state index in [1.807, 2.05) is 4.90 Å². The van der Waals surface area contributed by atoms with E-state index in [1.54, 1.807) is 24.3 Å². The molecule has 1 aromatic carbocycles. The van der Waals surface area contributed by atoms with E-state index in [4.69, 9.17) is 23.2 Å². The van der Waals surface area contributed by atoms with Crippen LogP contribution >= 0.6 is 23.2 Å². The van der Waals surface area contributed by atoms with Gasteiger partial charge in [-0.1, -0.05) is 23.2 Å². The zero-order valence-electron chi connectivity index (χ0n) is 11.3. The van der Waals surface area contributed by atoms with Gasteiger partial charge in [-0.3, -0.25) is 9.59 Å². The van der Waals surface area contributed by atoms with E-state index in [2.05, 4.69) is 0 Å². The normalized spacial score (nSPS) is 19.7. The van der Waals surface area contributed by atoms with Gasteiger partial charge in [0.15, 0.2) is 0 Å². The van der Waals surface area contributed by atoms with Crippen molar-refractivity contribution < 1.29 is 9.59 Å².